The zero-order chi connectivity index (χ0) is 14.4. The molecule has 0 saturated carbocycles. The minimum Gasteiger partial charge on any atom is -0.352 e. The molecule has 2 aliphatic heterocycles. The van der Waals surface area contributed by atoms with Gasteiger partial charge in [0, 0.05) is 19.0 Å². The molecular weight excluding hydrogens is 254 g/mol. The van der Waals surface area contributed by atoms with E-state index in [0.717, 1.165) is 51.7 Å². The van der Waals surface area contributed by atoms with E-state index in [-0.39, 0.29) is 24.4 Å². The van der Waals surface area contributed by atoms with Gasteiger partial charge >= 0.3 is 0 Å². The van der Waals surface area contributed by atoms with Crippen molar-refractivity contribution >= 4 is 11.8 Å². The summed E-state index contributed by atoms with van der Waals surface area (Å²) in [4.78, 5) is 28.1. The Balaban J connectivity index is 1.76. The average molecular weight is 281 g/mol. The van der Waals surface area contributed by atoms with Crippen LogP contribution in [0.15, 0.2) is 0 Å². The first kappa shape index (κ1) is 15.3. The fourth-order valence-electron chi connectivity index (χ4n) is 2.98. The molecular formula is C15H27N3O2. The summed E-state index contributed by atoms with van der Waals surface area (Å²) in [6.07, 6.45) is 6.91. The number of piperidine rings is 1. The SMILES string of the molecule is CN1CCC(NC(=O)CN2CCCCCCC2=O)CC1. The van der Waals surface area contributed by atoms with Gasteiger partial charge in [0.25, 0.3) is 0 Å². The molecule has 0 radical (unpaired) electrons. The van der Waals surface area contributed by atoms with E-state index in [9.17, 15) is 9.59 Å². The van der Waals surface area contributed by atoms with Gasteiger partial charge in [0.05, 0.1) is 6.54 Å². The van der Waals surface area contributed by atoms with Gasteiger partial charge in [-0.25, -0.2) is 0 Å². The van der Waals surface area contributed by atoms with Gasteiger partial charge in [-0.1, -0.05) is 12.8 Å². The molecule has 0 aromatic rings. The third kappa shape index (κ3) is 4.78. The Hall–Kier alpha value is -1.10. The molecule has 2 rings (SSSR count). The largest absolute Gasteiger partial charge is 0.352 e. The van der Waals surface area contributed by atoms with E-state index in [0.29, 0.717) is 6.42 Å². The van der Waals surface area contributed by atoms with Crippen LogP contribution in [0.5, 0.6) is 0 Å². The first-order chi connectivity index (χ1) is 9.65. The number of hydrogen-bond donors (Lipinski definition) is 1. The zero-order valence-corrected chi connectivity index (χ0v) is 12.6. The second-order valence-electron chi connectivity index (χ2n) is 6.12. The Morgan fingerprint density at radius 3 is 2.60 bits per heavy atom. The second kappa shape index (κ2) is 7.62. The Morgan fingerprint density at radius 1 is 1.15 bits per heavy atom. The van der Waals surface area contributed by atoms with Crippen LogP contribution in [0, 0.1) is 0 Å². The number of amides is 2. The lowest BCUT2D eigenvalue weighted by molar-refractivity contribution is -0.136. The van der Waals surface area contributed by atoms with Crippen molar-refractivity contribution in [2.75, 3.05) is 33.2 Å². The van der Waals surface area contributed by atoms with Crippen molar-refractivity contribution in [3.8, 4) is 0 Å². The number of rotatable bonds is 3. The minimum atomic E-state index is 0.00785. The molecule has 0 unspecified atom stereocenters. The summed E-state index contributed by atoms with van der Waals surface area (Å²) in [6.45, 7) is 3.05. The highest BCUT2D eigenvalue weighted by atomic mass is 16.2. The van der Waals surface area contributed by atoms with Crippen LogP contribution in [0.25, 0.3) is 0 Å². The molecule has 2 fully saturated rings. The molecule has 114 valence electrons. The van der Waals surface area contributed by atoms with Crippen LogP contribution in [-0.4, -0.2) is 60.9 Å². The van der Waals surface area contributed by atoms with Gasteiger partial charge in [-0.05, 0) is 45.8 Å². The smallest absolute Gasteiger partial charge is 0.239 e. The molecule has 2 aliphatic rings. The number of carbonyl (C=O) groups excluding carboxylic acids is 2. The van der Waals surface area contributed by atoms with E-state index in [2.05, 4.69) is 17.3 Å². The van der Waals surface area contributed by atoms with Crippen molar-refractivity contribution in [3.63, 3.8) is 0 Å². The summed E-state index contributed by atoms with van der Waals surface area (Å²) in [6, 6.07) is 0.281. The molecule has 1 N–H and O–H groups in total. The maximum absolute atomic E-state index is 12.1. The summed E-state index contributed by atoms with van der Waals surface area (Å²) in [5, 5.41) is 3.08. The van der Waals surface area contributed by atoms with Crippen LogP contribution in [0.2, 0.25) is 0 Å². The fourth-order valence-corrected chi connectivity index (χ4v) is 2.98. The molecule has 0 aromatic carbocycles. The normalized spacial score (nSPS) is 23.2. The fraction of sp³-hybridized carbons (Fsp3) is 0.867. The van der Waals surface area contributed by atoms with Crippen molar-refractivity contribution in [1.82, 2.24) is 15.1 Å². The number of likely N-dealkylation sites (tertiary alicyclic amines) is 2. The lowest BCUT2D eigenvalue weighted by Crippen LogP contribution is -2.48. The molecule has 2 saturated heterocycles. The first-order valence-electron chi connectivity index (χ1n) is 7.91. The quantitative estimate of drug-likeness (QED) is 0.839. The third-order valence-electron chi connectivity index (χ3n) is 4.34. The highest BCUT2D eigenvalue weighted by Crippen LogP contribution is 2.12. The zero-order valence-electron chi connectivity index (χ0n) is 12.6. The molecule has 5 nitrogen and oxygen atoms in total. The predicted octanol–water partition coefficient (Wildman–Crippen LogP) is 0.989. The molecule has 20 heavy (non-hydrogen) atoms. The summed E-state index contributed by atoms with van der Waals surface area (Å²) in [5.41, 5.74) is 0. The third-order valence-corrected chi connectivity index (χ3v) is 4.34. The van der Waals surface area contributed by atoms with Gasteiger partial charge in [0.2, 0.25) is 11.8 Å². The first-order valence-corrected chi connectivity index (χ1v) is 7.91. The number of carbonyl (C=O) groups is 2. The maximum Gasteiger partial charge on any atom is 0.239 e. The van der Waals surface area contributed by atoms with Gasteiger partial charge in [-0.3, -0.25) is 9.59 Å². The van der Waals surface area contributed by atoms with Crippen LogP contribution in [0.4, 0.5) is 0 Å². The standard InChI is InChI=1S/C15H27N3O2/c1-17-10-7-13(8-11-17)16-14(19)12-18-9-5-3-2-4-6-15(18)20/h13H,2-12H2,1H3,(H,16,19). The number of hydrogen-bond acceptors (Lipinski definition) is 3. The average Bonchev–Trinajstić information content (AvgIpc) is 2.41. The monoisotopic (exact) mass is 281 g/mol. The van der Waals surface area contributed by atoms with E-state index in [1.807, 2.05) is 0 Å². The number of nitrogens with one attached hydrogen (secondary N) is 1. The lowest BCUT2D eigenvalue weighted by Gasteiger charge is -2.30. The van der Waals surface area contributed by atoms with Gasteiger partial charge in [-0.15, -0.1) is 0 Å². The van der Waals surface area contributed by atoms with E-state index in [1.165, 1.54) is 6.42 Å². The van der Waals surface area contributed by atoms with Crippen molar-refractivity contribution in [3.05, 3.63) is 0 Å². The van der Waals surface area contributed by atoms with E-state index in [1.54, 1.807) is 4.90 Å². The van der Waals surface area contributed by atoms with Crippen LogP contribution >= 0.6 is 0 Å². The molecule has 0 aliphatic carbocycles. The molecule has 0 spiro atoms. The molecule has 0 aromatic heterocycles. The van der Waals surface area contributed by atoms with Crippen molar-refractivity contribution in [2.24, 2.45) is 0 Å². The predicted molar refractivity (Wildman–Crippen MR) is 78.3 cm³/mol. The maximum atomic E-state index is 12.1. The molecule has 2 amide bonds. The summed E-state index contributed by atoms with van der Waals surface area (Å²) in [5.74, 6) is 0.150. The topological polar surface area (TPSA) is 52.7 Å². The molecule has 5 heteroatoms. The van der Waals surface area contributed by atoms with Gasteiger partial charge in [-0.2, -0.15) is 0 Å². The van der Waals surface area contributed by atoms with Crippen LogP contribution in [-0.2, 0) is 9.59 Å². The van der Waals surface area contributed by atoms with Gasteiger partial charge in [0.15, 0.2) is 0 Å². The highest BCUT2D eigenvalue weighted by Gasteiger charge is 2.22. The Kier molecular flexibility index (Phi) is 5.83. The Labute approximate surface area is 121 Å². The molecule has 0 atom stereocenters. The highest BCUT2D eigenvalue weighted by molar-refractivity contribution is 5.85. The summed E-state index contributed by atoms with van der Waals surface area (Å²) >= 11 is 0. The van der Waals surface area contributed by atoms with Gasteiger partial charge in [0.1, 0.15) is 0 Å². The Morgan fingerprint density at radius 2 is 1.85 bits per heavy atom. The van der Waals surface area contributed by atoms with Crippen molar-refractivity contribution < 1.29 is 9.59 Å². The lowest BCUT2D eigenvalue weighted by atomic mass is 10.1. The Bertz CT molecular complexity index is 338. The van der Waals surface area contributed by atoms with Gasteiger partial charge < -0.3 is 15.1 Å². The summed E-state index contributed by atoms with van der Waals surface area (Å²) in [7, 11) is 2.11. The van der Waals surface area contributed by atoms with Crippen LogP contribution in [0.3, 0.4) is 0 Å². The van der Waals surface area contributed by atoms with E-state index >= 15 is 0 Å². The van der Waals surface area contributed by atoms with Crippen LogP contribution < -0.4 is 5.32 Å². The summed E-state index contributed by atoms with van der Waals surface area (Å²) < 4.78 is 0. The van der Waals surface area contributed by atoms with Crippen molar-refractivity contribution in [1.29, 1.82) is 0 Å². The van der Waals surface area contributed by atoms with Crippen LogP contribution in [0.1, 0.15) is 44.9 Å². The molecule has 0 bridgehead atoms. The van der Waals surface area contributed by atoms with E-state index in [4.69, 9.17) is 0 Å². The second-order valence-corrected chi connectivity index (χ2v) is 6.12. The van der Waals surface area contributed by atoms with Crippen molar-refractivity contribution in [2.45, 2.75) is 51.0 Å². The number of nitrogens with zero attached hydrogens (tertiary/aromatic N) is 2. The van der Waals surface area contributed by atoms with E-state index < -0.39 is 0 Å². The minimum absolute atomic E-state index is 0.00785. The molecule has 2 heterocycles.